The van der Waals surface area contributed by atoms with E-state index in [2.05, 4.69) is 31.9 Å². The summed E-state index contributed by atoms with van der Waals surface area (Å²) < 4.78 is 1.06. The minimum absolute atomic E-state index is 0.484. The monoisotopic (exact) mass is 269 g/mol. The maximum atomic E-state index is 5.81. The van der Waals surface area contributed by atoms with Gasteiger partial charge in [0, 0.05) is 31.5 Å². The molecule has 15 heavy (non-hydrogen) atoms. The van der Waals surface area contributed by atoms with Crippen molar-refractivity contribution in [3.63, 3.8) is 0 Å². The summed E-state index contributed by atoms with van der Waals surface area (Å²) in [6.07, 6.45) is 7.43. The highest BCUT2D eigenvalue weighted by Crippen LogP contribution is 2.30. The number of hydrogen-bond donors (Lipinski definition) is 1. The molecule has 1 saturated heterocycles. The van der Waals surface area contributed by atoms with Gasteiger partial charge in [-0.3, -0.25) is 4.98 Å². The Bertz CT molecular complexity index is 329. The van der Waals surface area contributed by atoms with Crippen LogP contribution < -0.4 is 10.6 Å². The summed E-state index contributed by atoms with van der Waals surface area (Å²) in [4.78, 5) is 6.48. The van der Waals surface area contributed by atoms with Crippen LogP contribution in [0.4, 0.5) is 5.69 Å². The van der Waals surface area contributed by atoms with Gasteiger partial charge in [-0.1, -0.05) is 0 Å². The van der Waals surface area contributed by atoms with Crippen molar-refractivity contribution >= 4 is 21.6 Å². The molecule has 0 aliphatic carbocycles. The van der Waals surface area contributed by atoms with E-state index in [0.717, 1.165) is 17.6 Å². The Balaban J connectivity index is 2.24. The average Bonchev–Trinajstić information content (AvgIpc) is 2.30. The minimum Gasteiger partial charge on any atom is -0.366 e. The molecule has 1 fully saturated rings. The highest BCUT2D eigenvalue weighted by molar-refractivity contribution is 9.10. The topological polar surface area (TPSA) is 42.1 Å². The molecule has 1 atom stereocenters. The molecule has 0 radical (unpaired) electrons. The number of nitrogens with zero attached hydrogens (tertiary/aromatic N) is 2. The maximum absolute atomic E-state index is 5.81. The largest absolute Gasteiger partial charge is 0.366 e. The molecule has 2 rings (SSSR count). The lowest BCUT2D eigenvalue weighted by atomic mass is 10.0. The molecule has 0 bridgehead atoms. The summed E-state index contributed by atoms with van der Waals surface area (Å²) >= 11 is 3.54. The molecule has 4 heteroatoms. The third-order valence-electron chi connectivity index (χ3n) is 2.96. The number of pyridine rings is 1. The zero-order valence-corrected chi connectivity index (χ0v) is 10.3. The highest BCUT2D eigenvalue weighted by Gasteiger charge is 2.22. The molecule has 1 unspecified atom stereocenters. The van der Waals surface area contributed by atoms with Crippen molar-refractivity contribution in [2.75, 3.05) is 18.0 Å². The van der Waals surface area contributed by atoms with E-state index in [1.807, 2.05) is 12.4 Å². The predicted molar refractivity (Wildman–Crippen MR) is 66.0 cm³/mol. The Morgan fingerprint density at radius 1 is 1.53 bits per heavy atom. The third kappa shape index (κ3) is 2.32. The van der Waals surface area contributed by atoms with Gasteiger partial charge in [-0.2, -0.15) is 0 Å². The Morgan fingerprint density at radius 2 is 2.40 bits per heavy atom. The van der Waals surface area contributed by atoms with Crippen LogP contribution in [0.5, 0.6) is 0 Å². The molecule has 1 aliphatic heterocycles. The fourth-order valence-corrected chi connectivity index (χ4v) is 2.64. The zero-order chi connectivity index (χ0) is 10.7. The average molecular weight is 270 g/mol. The molecule has 0 aromatic carbocycles. The first-order chi connectivity index (χ1) is 7.33. The summed E-state index contributed by atoms with van der Waals surface area (Å²) in [7, 11) is 0. The predicted octanol–water partition coefficient (Wildman–Crippen LogP) is 2.16. The van der Waals surface area contributed by atoms with E-state index in [-0.39, 0.29) is 0 Å². The maximum Gasteiger partial charge on any atom is 0.0592 e. The van der Waals surface area contributed by atoms with Crippen LogP contribution in [0, 0.1) is 0 Å². The Kier molecular flexibility index (Phi) is 3.59. The standard InChI is InChI=1S/C11H16BrN3/c12-10-8-14-5-4-11(10)15-6-2-1-3-9(15)7-13/h4-5,8-9H,1-3,6-7,13H2. The molecule has 82 valence electrons. The van der Waals surface area contributed by atoms with Crippen molar-refractivity contribution in [1.82, 2.24) is 4.98 Å². The highest BCUT2D eigenvalue weighted by atomic mass is 79.9. The van der Waals surface area contributed by atoms with Crippen LogP contribution in [0.3, 0.4) is 0 Å². The van der Waals surface area contributed by atoms with Crippen LogP contribution in [0.25, 0.3) is 0 Å². The minimum atomic E-state index is 0.484. The van der Waals surface area contributed by atoms with Crippen LogP contribution in [-0.4, -0.2) is 24.1 Å². The third-order valence-corrected chi connectivity index (χ3v) is 3.57. The molecule has 2 heterocycles. The number of hydrogen-bond acceptors (Lipinski definition) is 3. The van der Waals surface area contributed by atoms with Crippen LogP contribution in [0.1, 0.15) is 19.3 Å². The second-order valence-electron chi connectivity index (χ2n) is 3.91. The lowest BCUT2D eigenvalue weighted by Gasteiger charge is -2.37. The van der Waals surface area contributed by atoms with Crippen molar-refractivity contribution < 1.29 is 0 Å². The van der Waals surface area contributed by atoms with E-state index < -0.39 is 0 Å². The molecule has 1 aromatic heterocycles. The number of aromatic nitrogens is 1. The first-order valence-electron chi connectivity index (χ1n) is 5.39. The second-order valence-corrected chi connectivity index (χ2v) is 4.76. The summed E-state index contributed by atoms with van der Waals surface area (Å²) in [5.41, 5.74) is 7.03. The molecule has 0 spiro atoms. The Morgan fingerprint density at radius 3 is 3.13 bits per heavy atom. The second kappa shape index (κ2) is 4.94. The number of piperidine rings is 1. The van der Waals surface area contributed by atoms with Gasteiger partial charge in [-0.05, 0) is 41.3 Å². The van der Waals surface area contributed by atoms with Crippen molar-refractivity contribution in [3.05, 3.63) is 22.9 Å². The number of rotatable bonds is 2. The smallest absolute Gasteiger partial charge is 0.0592 e. The lowest BCUT2D eigenvalue weighted by molar-refractivity contribution is 0.465. The van der Waals surface area contributed by atoms with E-state index in [0.29, 0.717) is 6.04 Å². The van der Waals surface area contributed by atoms with Gasteiger partial charge in [-0.25, -0.2) is 0 Å². The van der Waals surface area contributed by atoms with Gasteiger partial charge >= 0.3 is 0 Å². The first-order valence-corrected chi connectivity index (χ1v) is 6.18. The normalized spacial score (nSPS) is 21.7. The van der Waals surface area contributed by atoms with E-state index in [9.17, 15) is 0 Å². The fraction of sp³-hybridized carbons (Fsp3) is 0.545. The molecule has 1 aromatic rings. The van der Waals surface area contributed by atoms with E-state index >= 15 is 0 Å². The van der Waals surface area contributed by atoms with Gasteiger partial charge < -0.3 is 10.6 Å². The van der Waals surface area contributed by atoms with E-state index in [4.69, 9.17) is 5.73 Å². The first kappa shape index (κ1) is 10.9. The van der Waals surface area contributed by atoms with Gasteiger partial charge in [0.25, 0.3) is 0 Å². The van der Waals surface area contributed by atoms with Crippen molar-refractivity contribution in [2.24, 2.45) is 5.73 Å². The van der Waals surface area contributed by atoms with Gasteiger partial charge in [0.2, 0.25) is 0 Å². The number of nitrogens with two attached hydrogens (primary N) is 1. The summed E-state index contributed by atoms with van der Waals surface area (Å²) in [6, 6.07) is 2.54. The van der Waals surface area contributed by atoms with Gasteiger partial charge in [0.15, 0.2) is 0 Å². The molecule has 3 nitrogen and oxygen atoms in total. The van der Waals surface area contributed by atoms with Gasteiger partial charge in [-0.15, -0.1) is 0 Å². The van der Waals surface area contributed by atoms with Crippen molar-refractivity contribution in [1.29, 1.82) is 0 Å². The summed E-state index contributed by atoms with van der Waals surface area (Å²) in [5.74, 6) is 0. The van der Waals surface area contributed by atoms with Crippen molar-refractivity contribution in [2.45, 2.75) is 25.3 Å². The van der Waals surface area contributed by atoms with Crippen LogP contribution in [-0.2, 0) is 0 Å². The van der Waals surface area contributed by atoms with Crippen LogP contribution in [0.15, 0.2) is 22.9 Å². The number of anilines is 1. The molecule has 0 amide bonds. The SMILES string of the molecule is NCC1CCCCN1c1ccncc1Br. The fourth-order valence-electron chi connectivity index (χ4n) is 2.16. The van der Waals surface area contributed by atoms with Crippen LogP contribution in [0.2, 0.25) is 0 Å². The zero-order valence-electron chi connectivity index (χ0n) is 8.69. The quantitative estimate of drug-likeness (QED) is 0.895. The summed E-state index contributed by atoms with van der Waals surface area (Å²) in [5, 5.41) is 0. The Labute approximate surface area is 98.8 Å². The Hall–Kier alpha value is -0.610. The molecular formula is C11H16BrN3. The van der Waals surface area contributed by atoms with Gasteiger partial charge in [0.1, 0.15) is 0 Å². The molecule has 0 saturated carbocycles. The van der Waals surface area contributed by atoms with E-state index in [1.54, 1.807) is 0 Å². The number of halogens is 1. The molecule has 2 N–H and O–H groups in total. The van der Waals surface area contributed by atoms with Crippen LogP contribution >= 0.6 is 15.9 Å². The lowest BCUT2D eigenvalue weighted by Crippen LogP contribution is -2.44. The molecule has 1 aliphatic rings. The van der Waals surface area contributed by atoms with Crippen molar-refractivity contribution in [3.8, 4) is 0 Å². The summed E-state index contributed by atoms with van der Waals surface area (Å²) in [6.45, 7) is 1.83. The molecular weight excluding hydrogens is 254 g/mol. The van der Waals surface area contributed by atoms with Gasteiger partial charge in [0.05, 0.1) is 10.2 Å². The van der Waals surface area contributed by atoms with E-state index in [1.165, 1.54) is 24.9 Å².